The third kappa shape index (κ3) is 8.83. The van der Waals surface area contributed by atoms with E-state index in [2.05, 4.69) is 10.2 Å². The average Bonchev–Trinajstić information content (AvgIpc) is 2.42. The summed E-state index contributed by atoms with van der Waals surface area (Å²) in [4.78, 5) is 2.45. The number of unbranched alkanes of at least 4 members (excludes halogenated alkanes) is 1. The first kappa shape index (κ1) is 15.9. The quantitative estimate of drug-likeness (QED) is 0.543. The number of rotatable bonds is 11. The molecule has 0 atom stereocenters. The number of hydrogen-bond donors (Lipinski definition) is 1. The van der Waals surface area contributed by atoms with E-state index in [9.17, 15) is 0 Å². The van der Waals surface area contributed by atoms with Crippen molar-refractivity contribution in [1.82, 2.24) is 10.2 Å². The van der Waals surface area contributed by atoms with E-state index in [1.807, 2.05) is 0 Å². The monoisotopic (exact) mass is 260 g/mol. The number of nitrogens with one attached hydrogen (secondary N) is 1. The van der Waals surface area contributed by atoms with Gasteiger partial charge in [-0.2, -0.15) is 0 Å². The Kier molecular flexibility index (Phi) is 10.5. The van der Waals surface area contributed by atoms with E-state index in [1.165, 1.54) is 6.42 Å². The summed E-state index contributed by atoms with van der Waals surface area (Å²) in [6.45, 7) is 9.46. The summed E-state index contributed by atoms with van der Waals surface area (Å²) in [5, 5.41) is 3.47. The molecule has 1 aliphatic heterocycles. The highest BCUT2D eigenvalue weighted by molar-refractivity contribution is 4.63. The lowest BCUT2D eigenvalue weighted by Crippen LogP contribution is -2.40. The Bertz CT molecular complexity index is 176. The summed E-state index contributed by atoms with van der Waals surface area (Å²) in [6.07, 6.45) is 2.30. The summed E-state index contributed by atoms with van der Waals surface area (Å²) in [5.41, 5.74) is 0. The summed E-state index contributed by atoms with van der Waals surface area (Å²) < 4.78 is 15.6. The highest BCUT2D eigenvalue weighted by atomic mass is 16.5. The van der Waals surface area contributed by atoms with E-state index in [1.54, 1.807) is 7.11 Å². The Hall–Kier alpha value is -0.200. The van der Waals surface area contributed by atoms with Crippen molar-refractivity contribution in [3.05, 3.63) is 0 Å². The van der Waals surface area contributed by atoms with Crippen LogP contribution in [0.1, 0.15) is 12.8 Å². The maximum Gasteiger partial charge on any atom is 0.0700 e. The van der Waals surface area contributed by atoms with Crippen molar-refractivity contribution in [2.24, 2.45) is 0 Å². The highest BCUT2D eigenvalue weighted by Crippen LogP contribution is 1.95. The van der Waals surface area contributed by atoms with Gasteiger partial charge in [0.05, 0.1) is 26.4 Å². The van der Waals surface area contributed by atoms with Crippen LogP contribution in [0.3, 0.4) is 0 Å². The fraction of sp³-hybridized carbons (Fsp3) is 1.00. The summed E-state index contributed by atoms with van der Waals surface area (Å²) in [6, 6.07) is 0. The molecule has 1 aliphatic rings. The largest absolute Gasteiger partial charge is 0.382 e. The maximum atomic E-state index is 5.40. The van der Waals surface area contributed by atoms with E-state index in [-0.39, 0.29) is 0 Å². The van der Waals surface area contributed by atoms with E-state index in [4.69, 9.17) is 14.2 Å². The van der Waals surface area contributed by atoms with E-state index >= 15 is 0 Å². The van der Waals surface area contributed by atoms with Gasteiger partial charge in [0, 0.05) is 39.9 Å². The van der Waals surface area contributed by atoms with Crippen molar-refractivity contribution < 1.29 is 14.2 Å². The molecule has 1 fully saturated rings. The Balaban J connectivity index is 1.73. The molecule has 18 heavy (non-hydrogen) atoms. The predicted molar refractivity (Wildman–Crippen MR) is 72.1 cm³/mol. The van der Waals surface area contributed by atoms with E-state index in [0.29, 0.717) is 13.2 Å². The molecular weight excluding hydrogens is 232 g/mol. The third-order valence-corrected chi connectivity index (χ3v) is 3.03. The van der Waals surface area contributed by atoms with Crippen LogP contribution in [0.5, 0.6) is 0 Å². The summed E-state index contributed by atoms with van der Waals surface area (Å²) in [5.74, 6) is 0. The molecule has 0 aromatic heterocycles. The van der Waals surface area contributed by atoms with Crippen LogP contribution >= 0.6 is 0 Å². The fourth-order valence-electron chi connectivity index (χ4n) is 1.89. The highest BCUT2D eigenvalue weighted by Gasteiger charge is 2.08. The van der Waals surface area contributed by atoms with Crippen molar-refractivity contribution in [3.8, 4) is 0 Å². The van der Waals surface area contributed by atoms with Gasteiger partial charge in [-0.25, -0.2) is 0 Å². The molecule has 1 rings (SSSR count). The number of methoxy groups -OCH3 is 1. The topological polar surface area (TPSA) is 43.0 Å². The van der Waals surface area contributed by atoms with Gasteiger partial charge >= 0.3 is 0 Å². The van der Waals surface area contributed by atoms with E-state index < -0.39 is 0 Å². The fourth-order valence-corrected chi connectivity index (χ4v) is 1.89. The van der Waals surface area contributed by atoms with Crippen LogP contribution in [-0.2, 0) is 14.2 Å². The Labute approximate surface area is 111 Å². The molecule has 0 radical (unpaired) electrons. The normalized spacial score (nSPS) is 17.2. The van der Waals surface area contributed by atoms with Crippen molar-refractivity contribution in [2.45, 2.75) is 12.8 Å². The van der Waals surface area contributed by atoms with Crippen LogP contribution in [0.4, 0.5) is 0 Å². The zero-order valence-electron chi connectivity index (χ0n) is 11.7. The minimum absolute atomic E-state index is 0.692. The zero-order valence-corrected chi connectivity index (χ0v) is 11.7. The van der Waals surface area contributed by atoms with Crippen LogP contribution in [0, 0.1) is 0 Å². The second-order valence-electron chi connectivity index (χ2n) is 4.52. The molecular formula is C13H28N2O3. The molecule has 0 aromatic rings. The number of nitrogens with zero attached hydrogens (tertiary/aromatic N) is 1. The number of morpholine rings is 1. The zero-order chi connectivity index (χ0) is 12.9. The van der Waals surface area contributed by atoms with Gasteiger partial charge in [0.1, 0.15) is 0 Å². The molecule has 1 saturated heterocycles. The molecule has 1 N–H and O–H groups in total. The van der Waals surface area contributed by atoms with Crippen LogP contribution in [0.25, 0.3) is 0 Å². The lowest BCUT2D eigenvalue weighted by molar-refractivity contribution is 0.0384. The first-order valence-electron chi connectivity index (χ1n) is 7.01. The smallest absolute Gasteiger partial charge is 0.0700 e. The average molecular weight is 260 g/mol. The molecule has 0 spiro atoms. The molecule has 0 aromatic carbocycles. The van der Waals surface area contributed by atoms with Gasteiger partial charge in [-0.3, -0.25) is 4.90 Å². The van der Waals surface area contributed by atoms with Crippen molar-refractivity contribution in [1.29, 1.82) is 0 Å². The molecule has 1 heterocycles. The molecule has 0 aliphatic carbocycles. The van der Waals surface area contributed by atoms with Crippen LogP contribution in [0.15, 0.2) is 0 Å². The first-order valence-corrected chi connectivity index (χ1v) is 7.01. The standard InChI is InChI=1S/C13H28N2O3/c1-16-12-13-17-9-3-2-4-14-5-6-15-7-10-18-11-8-15/h14H,2-13H2,1H3. The lowest BCUT2D eigenvalue weighted by atomic mass is 10.3. The lowest BCUT2D eigenvalue weighted by Gasteiger charge is -2.26. The Morgan fingerprint density at radius 1 is 1.06 bits per heavy atom. The molecule has 0 unspecified atom stereocenters. The van der Waals surface area contributed by atoms with Crippen molar-refractivity contribution in [2.75, 3.05) is 72.9 Å². The van der Waals surface area contributed by atoms with Crippen molar-refractivity contribution in [3.63, 3.8) is 0 Å². The van der Waals surface area contributed by atoms with E-state index in [0.717, 1.165) is 59.0 Å². The number of ether oxygens (including phenoxy) is 3. The minimum atomic E-state index is 0.692. The minimum Gasteiger partial charge on any atom is -0.382 e. The second kappa shape index (κ2) is 11.9. The molecule has 0 amide bonds. The van der Waals surface area contributed by atoms with Gasteiger partial charge in [-0.1, -0.05) is 0 Å². The molecule has 5 heteroatoms. The van der Waals surface area contributed by atoms with Gasteiger partial charge in [0.15, 0.2) is 0 Å². The Morgan fingerprint density at radius 2 is 1.89 bits per heavy atom. The SMILES string of the molecule is COCCOCCCCNCCN1CCOCC1. The van der Waals surface area contributed by atoms with Gasteiger partial charge < -0.3 is 19.5 Å². The first-order chi connectivity index (χ1) is 8.93. The second-order valence-corrected chi connectivity index (χ2v) is 4.52. The van der Waals surface area contributed by atoms with Gasteiger partial charge in [0.2, 0.25) is 0 Å². The molecule has 108 valence electrons. The van der Waals surface area contributed by atoms with Gasteiger partial charge in [-0.05, 0) is 19.4 Å². The number of hydrogen-bond acceptors (Lipinski definition) is 5. The molecule has 0 bridgehead atoms. The Morgan fingerprint density at radius 3 is 2.67 bits per heavy atom. The van der Waals surface area contributed by atoms with Crippen molar-refractivity contribution >= 4 is 0 Å². The maximum absolute atomic E-state index is 5.40. The van der Waals surface area contributed by atoms with Crippen LogP contribution in [-0.4, -0.2) is 77.8 Å². The predicted octanol–water partition coefficient (Wildman–Crippen LogP) is 0.351. The summed E-state index contributed by atoms with van der Waals surface area (Å²) >= 11 is 0. The summed E-state index contributed by atoms with van der Waals surface area (Å²) in [7, 11) is 1.70. The van der Waals surface area contributed by atoms with Crippen LogP contribution in [0.2, 0.25) is 0 Å². The van der Waals surface area contributed by atoms with Gasteiger partial charge in [0.25, 0.3) is 0 Å². The molecule has 5 nitrogen and oxygen atoms in total. The van der Waals surface area contributed by atoms with Gasteiger partial charge in [-0.15, -0.1) is 0 Å². The third-order valence-electron chi connectivity index (χ3n) is 3.03. The molecule has 0 saturated carbocycles. The van der Waals surface area contributed by atoms with Crippen LogP contribution < -0.4 is 5.32 Å².